The van der Waals surface area contributed by atoms with E-state index >= 15 is 0 Å². The van der Waals surface area contributed by atoms with E-state index < -0.39 is 0 Å². The van der Waals surface area contributed by atoms with Gasteiger partial charge in [-0.25, -0.2) is 9.97 Å². The average molecular weight is 755 g/mol. The zero-order valence-electron chi connectivity index (χ0n) is 32.5. The van der Waals surface area contributed by atoms with E-state index in [2.05, 4.69) is 211 Å². The number of hydrogen-bond donors (Lipinski definition) is 0. The van der Waals surface area contributed by atoms with Gasteiger partial charge in [0.2, 0.25) is 0 Å². The fourth-order valence-corrected chi connectivity index (χ4v) is 8.84. The second kappa shape index (κ2) is 14.0. The highest BCUT2D eigenvalue weighted by Crippen LogP contribution is 2.42. The highest BCUT2D eigenvalue weighted by molar-refractivity contribution is 6.28. The number of aryl methyl sites for hydroxylation is 1. The number of benzene rings is 8. The second-order valence-corrected chi connectivity index (χ2v) is 15.1. The predicted molar refractivity (Wildman–Crippen MR) is 248 cm³/mol. The van der Waals surface area contributed by atoms with Crippen LogP contribution in [0.5, 0.6) is 0 Å². The standard InChI is InChI=1S/C55H38N4/c1-3-37(34-40-19-11-10-16-36(40)2)54-44-31-28-41(38-17-6-4-7-18-38)35-47(44)56-55(57-54)39-26-29-43(30-27-39)59-49-25-15-13-23-46(49)53-51(59)33-32-50-52(53)45-22-12-14-24-48(45)58(50)42-20-8-5-9-21-42/h3-35H,1H2,2H3/b37-34+. The fourth-order valence-electron chi connectivity index (χ4n) is 8.84. The summed E-state index contributed by atoms with van der Waals surface area (Å²) in [6.07, 6.45) is 4.08. The van der Waals surface area contributed by atoms with E-state index in [0.717, 1.165) is 66.8 Å². The highest BCUT2D eigenvalue weighted by atomic mass is 15.0. The summed E-state index contributed by atoms with van der Waals surface area (Å²) in [5.41, 5.74) is 15.1. The van der Waals surface area contributed by atoms with Crippen molar-refractivity contribution in [3.05, 3.63) is 218 Å². The Morgan fingerprint density at radius 2 is 1.03 bits per heavy atom. The van der Waals surface area contributed by atoms with Gasteiger partial charge in [-0.15, -0.1) is 0 Å². The van der Waals surface area contributed by atoms with Gasteiger partial charge in [0, 0.05) is 49.4 Å². The van der Waals surface area contributed by atoms with Crippen molar-refractivity contribution in [3.8, 4) is 33.9 Å². The molecule has 0 aliphatic heterocycles. The van der Waals surface area contributed by atoms with Gasteiger partial charge >= 0.3 is 0 Å². The van der Waals surface area contributed by atoms with Crippen LogP contribution in [0.3, 0.4) is 0 Å². The van der Waals surface area contributed by atoms with Gasteiger partial charge in [0.15, 0.2) is 5.82 Å². The van der Waals surface area contributed by atoms with Crippen molar-refractivity contribution in [2.75, 3.05) is 0 Å². The molecule has 3 aromatic heterocycles. The summed E-state index contributed by atoms with van der Waals surface area (Å²) in [5, 5.41) is 5.96. The Balaban J connectivity index is 1.09. The monoisotopic (exact) mass is 754 g/mol. The zero-order chi connectivity index (χ0) is 39.5. The van der Waals surface area contributed by atoms with E-state index in [4.69, 9.17) is 9.97 Å². The van der Waals surface area contributed by atoms with Crippen LogP contribution in [0.1, 0.15) is 16.8 Å². The zero-order valence-corrected chi connectivity index (χ0v) is 32.5. The number of hydrogen-bond acceptors (Lipinski definition) is 2. The van der Waals surface area contributed by atoms with Gasteiger partial charge in [-0.1, -0.05) is 128 Å². The minimum absolute atomic E-state index is 0.666. The summed E-state index contributed by atoms with van der Waals surface area (Å²) in [6.45, 7) is 6.38. The molecule has 3 heterocycles. The molecule has 4 nitrogen and oxygen atoms in total. The molecule has 0 aliphatic carbocycles. The normalized spacial score (nSPS) is 12.0. The third-order valence-electron chi connectivity index (χ3n) is 11.7. The van der Waals surface area contributed by atoms with Crippen molar-refractivity contribution in [1.29, 1.82) is 0 Å². The van der Waals surface area contributed by atoms with Crippen molar-refractivity contribution in [1.82, 2.24) is 19.1 Å². The maximum atomic E-state index is 5.29. The molecule has 0 N–H and O–H groups in total. The van der Waals surface area contributed by atoms with Gasteiger partial charge in [-0.3, -0.25) is 0 Å². The number of fused-ring (bicyclic) bond motifs is 8. The van der Waals surface area contributed by atoms with Crippen molar-refractivity contribution in [3.63, 3.8) is 0 Å². The minimum atomic E-state index is 0.666. The summed E-state index contributed by atoms with van der Waals surface area (Å²) in [7, 11) is 0. The molecular weight excluding hydrogens is 717 g/mol. The van der Waals surface area contributed by atoms with Crippen LogP contribution in [0.2, 0.25) is 0 Å². The molecule has 0 bridgehead atoms. The maximum absolute atomic E-state index is 5.29. The summed E-state index contributed by atoms with van der Waals surface area (Å²) in [6, 6.07) is 66.8. The molecule has 11 rings (SSSR count). The van der Waals surface area contributed by atoms with Crippen LogP contribution in [0.25, 0.3) is 100 Å². The first-order valence-corrected chi connectivity index (χ1v) is 20.0. The Kier molecular flexibility index (Phi) is 8.16. The van der Waals surface area contributed by atoms with E-state index in [-0.39, 0.29) is 0 Å². The van der Waals surface area contributed by atoms with E-state index in [0.29, 0.717) is 5.82 Å². The summed E-state index contributed by atoms with van der Waals surface area (Å²) in [4.78, 5) is 10.5. The third kappa shape index (κ3) is 5.68. The van der Waals surface area contributed by atoms with Crippen LogP contribution >= 0.6 is 0 Å². The number of nitrogens with zero attached hydrogens (tertiary/aromatic N) is 4. The molecule has 0 saturated heterocycles. The molecule has 0 unspecified atom stereocenters. The molecule has 0 fully saturated rings. The topological polar surface area (TPSA) is 35.6 Å². The number of para-hydroxylation sites is 3. The van der Waals surface area contributed by atoms with Crippen LogP contribution in [-0.2, 0) is 0 Å². The Bertz CT molecular complexity index is 3440. The Hall–Kier alpha value is -7.82. The molecule has 0 aliphatic rings. The Morgan fingerprint density at radius 3 is 1.68 bits per heavy atom. The minimum Gasteiger partial charge on any atom is -0.309 e. The van der Waals surface area contributed by atoms with Crippen LogP contribution in [0.4, 0.5) is 0 Å². The third-order valence-corrected chi connectivity index (χ3v) is 11.7. The summed E-state index contributed by atoms with van der Waals surface area (Å²) < 4.78 is 4.78. The molecule has 0 spiro atoms. The van der Waals surface area contributed by atoms with Gasteiger partial charge < -0.3 is 9.13 Å². The van der Waals surface area contributed by atoms with Crippen LogP contribution < -0.4 is 0 Å². The van der Waals surface area contributed by atoms with Crippen LogP contribution in [-0.4, -0.2) is 19.1 Å². The summed E-state index contributed by atoms with van der Waals surface area (Å²) >= 11 is 0. The van der Waals surface area contributed by atoms with Crippen LogP contribution in [0.15, 0.2) is 201 Å². The first kappa shape index (κ1) is 34.4. The van der Waals surface area contributed by atoms with Gasteiger partial charge in [0.05, 0.1) is 33.3 Å². The number of rotatable bonds is 7. The van der Waals surface area contributed by atoms with E-state index in [1.165, 1.54) is 38.1 Å². The van der Waals surface area contributed by atoms with Crippen LogP contribution in [0, 0.1) is 6.92 Å². The maximum Gasteiger partial charge on any atom is 0.160 e. The molecule has 8 aromatic carbocycles. The SMILES string of the molecule is C=C/C(=C\c1ccccc1C)c1nc(-c2ccc(-n3c4ccccc4c4c5c6ccccc6n(-c6ccccc6)c5ccc43)cc2)nc2cc(-c3ccccc3)ccc12. The molecule has 0 saturated carbocycles. The van der Waals surface area contributed by atoms with E-state index in [1.54, 1.807) is 0 Å². The molecule has 11 aromatic rings. The quantitative estimate of drug-likeness (QED) is 0.152. The largest absolute Gasteiger partial charge is 0.309 e. The molecule has 278 valence electrons. The number of aromatic nitrogens is 4. The average Bonchev–Trinajstić information content (AvgIpc) is 3.82. The molecule has 0 amide bonds. The van der Waals surface area contributed by atoms with Gasteiger partial charge in [-0.2, -0.15) is 0 Å². The van der Waals surface area contributed by atoms with E-state index in [1.807, 2.05) is 12.1 Å². The van der Waals surface area contributed by atoms with Gasteiger partial charge in [0.1, 0.15) is 0 Å². The first-order chi connectivity index (χ1) is 29.1. The molecule has 4 heteroatoms. The van der Waals surface area contributed by atoms with Gasteiger partial charge in [0.25, 0.3) is 0 Å². The lowest BCUT2D eigenvalue weighted by atomic mass is 9.98. The number of allylic oxidation sites excluding steroid dienone is 2. The lowest BCUT2D eigenvalue weighted by molar-refractivity contribution is 1.17. The first-order valence-electron chi connectivity index (χ1n) is 20.0. The van der Waals surface area contributed by atoms with Gasteiger partial charge in [-0.05, 0) is 108 Å². The second-order valence-electron chi connectivity index (χ2n) is 15.1. The van der Waals surface area contributed by atoms with Crippen molar-refractivity contribution >= 4 is 66.2 Å². The molecule has 0 radical (unpaired) electrons. The lowest BCUT2D eigenvalue weighted by Gasteiger charge is -2.13. The highest BCUT2D eigenvalue weighted by Gasteiger charge is 2.21. The predicted octanol–water partition coefficient (Wildman–Crippen LogP) is 14.2. The van der Waals surface area contributed by atoms with Crippen molar-refractivity contribution < 1.29 is 0 Å². The Morgan fingerprint density at radius 1 is 0.475 bits per heavy atom. The molecular formula is C55H38N4. The lowest BCUT2D eigenvalue weighted by Crippen LogP contribution is -1.99. The van der Waals surface area contributed by atoms with E-state index in [9.17, 15) is 0 Å². The smallest absolute Gasteiger partial charge is 0.160 e. The fraction of sp³-hybridized carbons (Fsp3) is 0.0182. The molecule has 0 atom stereocenters. The Labute approximate surface area is 342 Å². The molecule has 59 heavy (non-hydrogen) atoms. The summed E-state index contributed by atoms with van der Waals surface area (Å²) in [5.74, 6) is 0.666. The van der Waals surface area contributed by atoms with Crippen molar-refractivity contribution in [2.45, 2.75) is 6.92 Å². The van der Waals surface area contributed by atoms with Crippen molar-refractivity contribution in [2.24, 2.45) is 0 Å².